The summed E-state index contributed by atoms with van der Waals surface area (Å²) in [7, 11) is 0. The summed E-state index contributed by atoms with van der Waals surface area (Å²) in [5.41, 5.74) is 1.31. The molecule has 0 radical (unpaired) electrons. The van der Waals surface area contributed by atoms with Crippen molar-refractivity contribution in [2.45, 2.75) is 38.8 Å². The van der Waals surface area contributed by atoms with Gasteiger partial charge in [-0.2, -0.15) is 0 Å². The molecule has 0 spiro atoms. The van der Waals surface area contributed by atoms with E-state index in [4.69, 9.17) is 0 Å². The van der Waals surface area contributed by atoms with Crippen molar-refractivity contribution < 1.29 is 5.11 Å². The summed E-state index contributed by atoms with van der Waals surface area (Å²) < 4.78 is 0. The number of benzene rings is 1. The van der Waals surface area contributed by atoms with E-state index in [1.807, 2.05) is 6.07 Å². The molecule has 0 aromatic heterocycles. The monoisotopic (exact) mass is 207 g/mol. The number of rotatable bonds is 6. The molecule has 1 aromatic carbocycles. The molecule has 2 heteroatoms. The van der Waals surface area contributed by atoms with Crippen molar-refractivity contribution in [2.24, 2.45) is 0 Å². The van der Waals surface area contributed by atoms with Crippen LogP contribution < -0.4 is 5.32 Å². The minimum absolute atomic E-state index is 0.284. The minimum atomic E-state index is -0.284. The standard InChI is InChI=1S/C13H21NO/c1-3-7-13(14-10-11(2)15)12-8-5-4-6-9-12/h4-6,8-9,11,13-15H,3,7,10H2,1-2H3/t11-,13-/m0/s1. The van der Waals surface area contributed by atoms with Gasteiger partial charge in [-0.3, -0.25) is 0 Å². The van der Waals surface area contributed by atoms with Crippen molar-refractivity contribution in [3.8, 4) is 0 Å². The molecule has 84 valence electrons. The first-order chi connectivity index (χ1) is 7.24. The Morgan fingerprint density at radius 1 is 1.27 bits per heavy atom. The maximum absolute atomic E-state index is 9.25. The molecule has 15 heavy (non-hydrogen) atoms. The molecule has 0 aliphatic carbocycles. The molecule has 1 rings (SSSR count). The van der Waals surface area contributed by atoms with E-state index in [9.17, 15) is 5.11 Å². The first-order valence-electron chi connectivity index (χ1n) is 5.70. The Kier molecular flexibility index (Phi) is 5.37. The molecule has 0 fully saturated rings. The van der Waals surface area contributed by atoms with E-state index in [2.05, 4.69) is 36.5 Å². The van der Waals surface area contributed by atoms with E-state index in [1.165, 1.54) is 5.56 Å². The highest BCUT2D eigenvalue weighted by Crippen LogP contribution is 2.17. The predicted octanol–water partition coefficient (Wildman–Crippen LogP) is 2.50. The molecule has 2 atom stereocenters. The highest BCUT2D eigenvalue weighted by atomic mass is 16.3. The van der Waals surface area contributed by atoms with E-state index < -0.39 is 0 Å². The van der Waals surface area contributed by atoms with Crippen molar-refractivity contribution in [1.29, 1.82) is 0 Å². The van der Waals surface area contributed by atoms with Crippen molar-refractivity contribution >= 4 is 0 Å². The molecular weight excluding hydrogens is 186 g/mol. The molecule has 0 heterocycles. The summed E-state index contributed by atoms with van der Waals surface area (Å²) in [5, 5.41) is 12.6. The van der Waals surface area contributed by atoms with E-state index >= 15 is 0 Å². The fraction of sp³-hybridized carbons (Fsp3) is 0.538. The van der Waals surface area contributed by atoms with Gasteiger partial charge in [0.1, 0.15) is 0 Å². The van der Waals surface area contributed by atoms with Crippen LogP contribution in [0.2, 0.25) is 0 Å². The molecular formula is C13H21NO. The molecule has 0 aliphatic rings. The summed E-state index contributed by atoms with van der Waals surface area (Å²) in [6.45, 7) is 4.64. The second-order valence-corrected chi connectivity index (χ2v) is 4.01. The third-order valence-corrected chi connectivity index (χ3v) is 2.44. The Morgan fingerprint density at radius 2 is 1.93 bits per heavy atom. The van der Waals surface area contributed by atoms with Gasteiger partial charge in [0.05, 0.1) is 6.10 Å². The molecule has 0 unspecified atom stereocenters. The summed E-state index contributed by atoms with van der Waals surface area (Å²) >= 11 is 0. The quantitative estimate of drug-likeness (QED) is 0.751. The number of aliphatic hydroxyl groups is 1. The summed E-state index contributed by atoms with van der Waals surface area (Å²) in [6.07, 6.45) is 1.97. The fourth-order valence-electron chi connectivity index (χ4n) is 1.67. The average Bonchev–Trinajstić information content (AvgIpc) is 2.25. The van der Waals surface area contributed by atoms with Gasteiger partial charge in [-0.05, 0) is 18.9 Å². The van der Waals surface area contributed by atoms with Crippen LogP contribution >= 0.6 is 0 Å². The first kappa shape index (κ1) is 12.2. The van der Waals surface area contributed by atoms with Crippen LogP contribution in [0.1, 0.15) is 38.3 Å². The summed E-state index contributed by atoms with van der Waals surface area (Å²) in [5.74, 6) is 0. The van der Waals surface area contributed by atoms with Gasteiger partial charge in [0.2, 0.25) is 0 Å². The van der Waals surface area contributed by atoms with Crippen LogP contribution in [0.15, 0.2) is 30.3 Å². The lowest BCUT2D eigenvalue weighted by Crippen LogP contribution is -2.28. The Balaban J connectivity index is 2.57. The third-order valence-electron chi connectivity index (χ3n) is 2.44. The van der Waals surface area contributed by atoms with Gasteiger partial charge in [0, 0.05) is 12.6 Å². The van der Waals surface area contributed by atoms with E-state index in [0.29, 0.717) is 12.6 Å². The topological polar surface area (TPSA) is 32.3 Å². The molecule has 0 saturated carbocycles. The predicted molar refractivity (Wildman–Crippen MR) is 63.8 cm³/mol. The van der Waals surface area contributed by atoms with Gasteiger partial charge in [-0.25, -0.2) is 0 Å². The van der Waals surface area contributed by atoms with E-state index in [-0.39, 0.29) is 6.10 Å². The molecule has 1 aromatic rings. The molecule has 0 amide bonds. The first-order valence-corrected chi connectivity index (χ1v) is 5.70. The zero-order valence-corrected chi connectivity index (χ0v) is 9.61. The number of nitrogens with one attached hydrogen (secondary N) is 1. The Labute approximate surface area is 92.3 Å². The van der Waals surface area contributed by atoms with Gasteiger partial charge >= 0.3 is 0 Å². The second-order valence-electron chi connectivity index (χ2n) is 4.01. The molecule has 0 bridgehead atoms. The van der Waals surface area contributed by atoms with E-state index in [0.717, 1.165) is 12.8 Å². The van der Waals surface area contributed by atoms with Crippen molar-refractivity contribution in [3.63, 3.8) is 0 Å². The third kappa shape index (κ3) is 4.45. The Morgan fingerprint density at radius 3 is 2.47 bits per heavy atom. The van der Waals surface area contributed by atoms with Crippen LogP contribution in [0.5, 0.6) is 0 Å². The molecule has 2 nitrogen and oxygen atoms in total. The van der Waals surface area contributed by atoms with Crippen molar-refractivity contribution in [2.75, 3.05) is 6.54 Å². The lowest BCUT2D eigenvalue weighted by molar-refractivity contribution is 0.185. The van der Waals surface area contributed by atoms with Crippen LogP contribution in [0, 0.1) is 0 Å². The van der Waals surface area contributed by atoms with Gasteiger partial charge in [-0.15, -0.1) is 0 Å². The highest BCUT2D eigenvalue weighted by Gasteiger charge is 2.09. The van der Waals surface area contributed by atoms with Crippen LogP contribution in [-0.4, -0.2) is 17.8 Å². The zero-order chi connectivity index (χ0) is 11.1. The lowest BCUT2D eigenvalue weighted by Gasteiger charge is -2.19. The molecule has 0 aliphatic heterocycles. The zero-order valence-electron chi connectivity index (χ0n) is 9.61. The highest BCUT2D eigenvalue weighted by molar-refractivity contribution is 5.18. The van der Waals surface area contributed by atoms with Crippen molar-refractivity contribution in [3.05, 3.63) is 35.9 Å². The van der Waals surface area contributed by atoms with Gasteiger partial charge in [0.15, 0.2) is 0 Å². The summed E-state index contributed by atoms with van der Waals surface area (Å²) in [6, 6.07) is 10.8. The van der Waals surface area contributed by atoms with Crippen LogP contribution in [0.3, 0.4) is 0 Å². The maximum atomic E-state index is 9.25. The number of aliphatic hydroxyl groups excluding tert-OH is 1. The molecule has 2 N–H and O–H groups in total. The SMILES string of the molecule is CCC[C@H](NC[C@H](C)O)c1ccccc1. The lowest BCUT2D eigenvalue weighted by atomic mass is 10.0. The number of hydrogen-bond donors (Lipinski definition) is 2. The van der Waals surface area contributed by atoms with Gasteiger partial charge in [0.25, 0.3) is 0 Å². The smallest absolute Gasteiger partial charge is 0.0636 e. The average molecular weight is 207 g/mol. The van der Waals surface area contributed by atoms with Gasteiger partial charge < -0.3 is 10.4 Å². The number of hydrogen-bond acceptors (Lipinski definition) is 2. The van der Waals surface area contributed by atoms with Crippen LogP contribution in [0.4, 0.5) is 0 Å². The van der Waals surface area contributed by atoms with Crippen LogP contribution in [-0.2, 0) is 0 Å². The Hall–Kier alpha value is -0.860. The summed E-state index contributed by atoms with van der Waals surface area (Å²) in [4.78, 5) is 0. The molecule has 0 saturated heterocycles. The van der Waals surface area contributed by atoms with E-state index in [1.54, 1.807) is 6.92 Å². The Bertz CT molecular complexity index is 258. The van der Waals surface area contributed by atoms with Crippen LogP contribution in [0.25, 0.3) is 0 Å². The maximum Gasteiger partial charge on any atom is 0.0636 e. The minimum Gasteiger partial charge on any atom is -0.392 e. The fourth-order valence-corrected chi connectivity index (χ4v) is 1.67. The van der Waals surface area contributed by atoms with Gasteiger partial charge in [-0.1, -0.05) is 43.7 Å². The second kappa shape index (κ2) is 6.59. The normalized spacial score (nSPS) is 14.9. The largest absolute Gasteiger partial charge is 0.392 e. The van der Waals surface area contributed by atoms with Crippen molar-refractivity contribution in [1.82, 2.24) is 5.32 Å².